The van der Waals surface area contributed by atoms with Gasteiger partial charge in [-0.3, -0.25) is 0 Å². The summed E-state index contributed by atoms with van der Waals surface area (Å²) in [6.07, 6.45) is 0. The molecule has 0 saturated carbocycles. The average molecular weight is 208 g/mol. The molecule has 0 aromatic heterocycles. The first kappa shape index (κ1) is 9.79. The van der Waals surface area contributed by atoms with E-state index in [1.165, 1.54) is 0 Å². The number of rotatable bonds is 2. The monoisotopic (exact) mass is 208 g/mol. The number of esters is 1. The molecule has 3 N–H and O–H groups in total. The SMILES string of the molecule is Nc1ccc2c(c1)OC(=O)CN2CCO. The lowest BCUT2D eigenvalue weighted by Crippen LogP contribution is -2.38. The predicted molar refractivity (Wildman–Crippen MR) is 55.8 cm³/mol. The molecule has 1 heterocycles. The Kier molecular flexibility index (Phi) is 2.47. The molecule has 0 radical (unpaired) electrons. The van der Waals surface area contributed by atoms with E-state index in [1.54, 1.807) is 23.1 Å². The first-order chi connectivity index (χ1) is 7.20. The predicted octanol–water partition coefficient (Wildman–Crippen LogP) is -0.0135. The number of benzene rings is 1. The molecule has 0 saturated heterocycles. The maximum atomic E-state index is 11.2. The second-order valence-corrected chi connectivity index (χ2v) is 3.35. The lowest BCUT2D eigenvalue weighted by molar-refractivity contribution is -0.133. The maximum Gasteiger partial charge on any atom is 0.331 e. The summed E-state index contributed by atoms with van der Waals surface area (Å²) in [5.41, 5.74) is 6.93. The van der Waals surface area contributed by atoms with Crippen LogP contribution in [0.4, 0.5) is 11.4 Å². The van der Waals surface area contributed by atoms with Crippen molar-refractivity contribution in [3.8, 4) is 5.75 Å². The molecule has 0 bridgehead atoms. The summed E-state index contributed by atoms with van der Waals surface area (Å²) in [6, 6.07) is 5.13. The molecule has 2 rings (SSSR count). The molecule has 0 atom stereocenters. The fourth-order valence-corrected chi connectivity index (χ4v) is 1.59. The highest BCUT2D eigenvalue weighted by Gasteiger charge is 2.23. The Morgan fingerprint density at radius 2 is 2.33 bits per heavy atom. The van der Waals surface area contributed by atoms with Crippen molar-refractivity contribution in [1.29, 1.82) is 0 Å². The molecule has 5 heteroatoms. The van der Waals surface area contributed by atoms with Gasteiger partial charge in [-0.05, 0) is 12.1 Å². The van der Waals surface area contributed by atoms with Crippen LogP contribution in [0.1, 0.15) is 0 Å². The van der Waals surface area contributed by atoms with Crippen LogP contribution >= 0.6 is 0 Å². The van der Waals surface area contributed by atoms with Gasteiger partial charge in [0, 0.05) is 18.3 Å². The van der Waals surface area contributed by atoms with E-state index in [1.807, 2.05) is 0 Å². The van der Waals surface area contributed by atoms with Crippen LogP contribution in [0.2, 0.25) is 0 Å². The molecule has 1 aromatic carbocycles. The topological polar surface area (TPSA) is 75.8 Å². The minimum absolute atomic E-state index is 0.00288. The summed E-state index contributed by atoms with van der Waals surface area (Å²) >= 11 is 0. The van der Waals surface area contributed by atoms with Crippen LogP contribution in [0.25, 0.3) is 0 Å². The maximum absolute atomic E-state index is 11.2. The number of nitrogen functional groups attached to an aromatic ring is 1. The Balaban J connectivity index is 2.37. The number of fused-ring (bicyclic) bond motifs is 1. The van der Waals surface area contributed by atoms with Gasteiger partial charge in [-0.25, -0.2) is 4.79 Å². The minimum atomic E-state index is -0.332. The van der Waals surface area contributed by atoms with Gasteiger partial charge in [-0.15, -0.1) is 0 Å². The van der Waals surface area contributed by atoms with E-state index in [0.717, 1.165) is 5.69 Å². The van der Waals surface area contributed by atoms with Crippen LogP contribution in [0.3, 0.4) is 0 Å². The number of nitrogens with zero attached hydrogens (tertiary/aromatic N) is 1. The third-order valence-electron chi connectivity index (χ3n) is 2.24. The number of hydrogen-bond donors (Lipinski definition) is 2. The number of carbonyl (C=O) groups is 1. The van der Waals surface area contributed by atoms with Gasteiger partial charge in [0.2, 0.25) is 0 Å². The van der Waals surface area contributed by atoms with E-state index < -0.39 is 0 Å². The number of carbonyl (C=O) groups excluding carboxylic acids is 1. The van der Waals surface area contributed by atoms with Gasteiger partial charge in [0.1, 0.15) is 6.54 Å². The first-order valence-corrected chi connectivity index (χ1v) is 4.66. The number of β-amino-alcohol motifs (C(OH)–C–C–N with tert-alkyl or cyclic N) is 1. The van der Waals surface area contributed by atoms with Gasteiger partial charge in [0.15, 0.2) is 5.75 Å². The van der Waals surface area contributed by atoms with Crippen LogP contribution in [0.5, 0.6) is 5.75 Å². The summed E-state index contributed by atoms with van der Waals surface area (Å²) in [4.78, 5) is 13.0. The molecule has 15 heavy (non-hydrogen) atoms. The van der Waals surface area contributed by atoms with Crippen molar-refractivity contribution in [2.75, 3.05) is 30.3 Å². The van der Waals surface area contributed by atoms with Gasteiger partial charge < -0.3 is 20.5 Å². The summed E-state index contributed by atoms with van der Waals surface area (Å²) in [5.74, 6) is 0.126. The molecule has 0 aliphatic carbocycles. The van der Waals surface area contributed by atoms with Crippen LogP contribution < -0.4 is 15.4 Å². The van der Waals surface area contributed by atoms with E-state index >= 15 is 0 Å². The largest absolute Gasteiger partial charge is 0.423 e. The van der Waals surface area contributed by atoms with Crippen molar-refractivity contribution in [3.05, 3.63) is 18.2 Å². The van der Waals surface area contributed by atoms with Crippen LogP contribution in [0.15, 0.2) is 18.2 Å². The zero-order chi connectivity index (χ0) is 10.8. The molecular weight excluding hydrogens is 196 g/mol. The van der Waals surface area contributed by atoms with Crippen molar-refractivity contribution in [2.24, 2.45) is 0 Å². The molecule has 0 unspecified atom stereocenters. The Hall–Kier alpha value is -1.75. The highest BCUT2D eigenvalue weighted by Crippen LogP contribution is 2.33. The lowest BCUT2D eigenvalue weighted by Gasteiger charge is -2.29. The number of aliphatic hydroxyl groups is 1. The Labute approximate surface area is 87.1 Å². The number of anilines is 2. The standard InChI is InChI=1S/C10H12N2O3/c11-7-1-2-8-9(5-7)15-10(14)6-12(8)3-4-13/h1-2,5,13H,3-4,6,11H2. The molecule has 0 fully saturated rings. The van der Waals surface area contributed by atoms with Gasteiger partial charge in [0.05, 0.1) is 12.3 Å². The molecule has 80 valence electrons. The summed E-state index contributed by atoms with van der Waals surface area (Å²) < 4.78 is 5.05. The third kappa shape index (κ3) is 1.87. The van der Waals surface area contributed by atoms with E-state index in [0.29, 0.717) is 18.0 Å². The molecule has 5 nitrogen and oxygen atoms in total. The van der Waals surface area contributed by atoms with Gasteiger partial charge in [0.25, 0.3) is 0 Å². The second kappa shape index (κ2) is 3.78. The van der Waals surface area contributed by atoms with Crippen LogP contribution in [0, 0.1) is 0 Å². The smallest absolute Gasteiger partial charge is 0.331 e. The Morgan fingerprint density at radius 1 is 1.53 bits per heavy atom. The van der Waals surface area contributed by atoms with Crippen molar-refractivity contribution in [2.45, 2.75) is 0 Å². The van der Waals surface area contributed by atoms with Crippen molar-refractivity contribution < 1.29 is 14.6 Å². The molecule has 1 aliphatic heterocycles. The zero-order valence-electron chi connectivity index (χ0n) is 8.14. The summed E-state index contributed by atoms with van der Waals surface area (Å²) in [7, 11) is 0. The minimum Gasteiger partial charge on any atom is -0.423 e. The van der Waals surface area contributed by atoms with Gasteiger partial charge in [-0.1, -0.05) is 0 Å². The Bertz CT molecular complexity index is 392. The summed E-state index contributed by atoms with van der Waals surface area (Å²) in [6.45, 7) is 0.570. The van der Waals surface area contributed by atoms with Crippen LogP contribution in [-0.2, 0) is 4.79 Å². The molecule has 1 aliphatic rings. The second-order valence-electron chi connectivity index (χ2n) is 3.35. The average Bonchev–Trinajstić information content (AvgIpc) is 2.17. The van der Waals surface area contributed by atoms with Crippen molar-refractivity contribution >= 4 is 17.3 Å². The highest BCUT2D eigenvalue weighted by atomic mass is 16.5. The fourth-order valence-electron chi connectivity index (χ4n) is 1.59. The zero-order valence-corrected chi connectivity index (χ0v) is 8.14. The Morgan fingerprint density at radius 3 is 3.07 bits per heavy atom. The molecular formula is C10H12N2O3. The molecule has 0 amide bonds. The lowest BCUT2D eigenvalue weighted by atomic mass is 10.2. The fraction of sp³-hybridized carbons (Fsp3) is 0.300. The van der Waals surface area contributed by atoms with E-state index in [-0.39, 0.29) is 19.1 Å². The third-order valence-corrected chi connectivity index (χ3v) is 2.24. The van der Waals surface area contributed by atoms with E-state index in [2.05, 4.69) is 0 Å². The summed E-state index contributed by atoms with van der Waals surface area (Å²) in [5, 5.41) is 8.87. The van der Waals surface area contributed by atoms with Crippen molar-refractivity contribution in [1.82, 2.24) is 0 Å². The quantitative estimate of drug-likeness (QED) is 0.406. The molecule has 0 spiro atoms. The van der Waals surface area contributed by atoms with Gasteiger partial charge >= 0.3 is 5.97 Å². The van der Waals surface area contributed by atoms with E-state index in [9.17, 15) is 4.79 Å². The number of nitrogens with two attached hydrogens (primary N) is 1. The van der Waals surface area contributed by atoms with Gasteiger partial charge in [-0.2, -0.15) is 0 Å². The molecule has 1 aromatic rings. The van der Waals surface area contributed by atoms with E-state index in [4.69, 9.17) is 15.6 Å². The van der Waals surface area contributed by atoms with Crippen molar-refractivity contribution in [3.63, 3.8) is 0 Å². The number of hydrogen-bond acceptors (Lipinski definition) is 5. The number of ether oxygens (including phenoxy) is 1. The van der Waals surface area contributed by atoms with Crippen LogP contribution in [-0.4, -0.2) is 30.8 Å². The normalized spacial score (nSPS) is 14.7. The number of aliphatic hydroxyl groups excluding tert-OH is 1. The first-order valence-electron chi connectivity index (χ1n) is 4.66. The highest BCUT2D eigenvalue weighted by molar-refractivity contribution is 5.85.